The van der Waals surface area contributed by atoms with Gasteiger partial charge in [-0.15, -0.1) is 0 Å². The topological polar surface area (TPSA) is 80.3 Å². The first-order valence-corrected chi connectivity index (χ1v) is 9.03. The second kappa shape index (κ2) is 9.12. The average Bonchev–Trinajstić information content (AvgIpc) is 3.51. The van der Waals surface area contributed by atoms with Crippen molar-refractivity contribution in [2.24, 2.45) is 5.92 Å². The SMILES string of the molecule is O=C(CCCNC(=O)C1CC1)NCc1ccnc(Oc2ccc(F)cc2)c1. The zero-order chi connectivity index (χ0) is 19.1. The molecular weight excluding hydrogens is 349 g/mol. The fraction of sp³-hybridized carbons (Fsp3) is 0.350. The first-order valence-electron chi connectivity index (χ1n) is 9.03. The summed E-state index contributed by atoms with van der Waals surface area (Å²) in [5.41, 5.74) is 0.845. The third kappa shape index (κ3) is 6.36. The van der Waals surface area contributed by atoms with Crippen molar-refractivity contribution in [3.05, 3.63) is 54.0 Å². The number of pyridine rings is 1. The summed E-state index contributed by atoms with van der Waals surface area (Å²) in [6.07, 6.45) is 4.51. The van der Waals surface area contributed by atoms with Crippen molar-refractivity contribution >= 4 is 11.8 Å². The Balaban J connectivity index is 1.39. The molecule has 0 unspecified atom stereocenters. The summed E-state index contributed by atoms with van der Waals surface area (Å²) in [4.78, 5) is 27.5. The highest BCUT2D eigenvalue weighted by Gasteiger charge is 2.28. The first kappa shape index (κ1) is 18.8. The Morgan fingerprint density at radius 1 is 1.15 bits per heavy atom. The van der Waals surface area contributed by atoms with Crippen LogP contribution in [0.1, 0.15) is 31.2 Å². The number of carbonyl (C=O) groups excluding carboxylic acids is 2. The van der Waals surface area contributed by atoms with Crippen LogP contribution in [0.5, 0.6) is 11.6 Å². The van der Waals surface area contributed by atoms with Gasteiger partial charge in [0.2, 0.25) is 17.7 Å². The Labute approximate surface area is 157 Å². The maximum Gasteiger partial charge on any atom is 0.223 e. The summed E-state index contributed by atoms with van der Waals surface area (Å²) in [5, 5.41) is 5.68. The van der Waals surface area contributed by atoms with Crippen LogP contribution < -0.4 is 15.4 Å². The van der Waals surface area contributed by atoms with Gasteiger partial charge in [-0.2, -0.15) is 0 Å². The molecule has 1 heterocycles. The van der Waals surface area contributed by atoms with Gasteiger partial charge < -0.3 is 15.4 Å². The molecule has 142 valence electrons. The molecule has 1 saturated carbocycles. The van der Waals surface area contributed by atoms with Crippen molar-refractivity contribution in [2.75, 3.05) is 6.54 Å². The quantitative estimate of drug-likeness (QED) is 0.664. The van der Waals surface area contributed by atoms with Crippen LogP contribution >= 0.6 is 0 Å². The molecule has 1 aliphatic carbocycles. The van der Waals surface area contributed by atoms with Crippen molar-refractivity contribution < 1.29 is 18.7 Å². The Hall–Kier alpha value is -2.96. The van der Waals surface area contributed by atoms with Crippen molar-refractivity contribution in [1.29, 1.82) is 0 Å². The smallest absolute Gasteiger partial charge is 0.223 e. The molecule has 0 bridgehead atoms. The van der Waals surface area contributed by atoms with Gasteiger partial charge in [0.1, 0.15) is 11.6 Å². The fourth-order valence-electron chi connectivity index (χ4n) is 2.48. The van der Waals surface area contributed by atoms with E-state index >= 15 is 0 Å². The van der Waals surface area contributed by atoms with E-state index in [1.807, 2.05) is 0 Å². The first-order chi connectivity index (χ1) is 13.1. The van der Waals surface area contributed by atoms with Gasteiger partial charge >= 0.3 is 0 Å². The number of rotatable bonds is 9. The lowest BCUT2D eigenvalue weighted by Crippen LogP contribution is -2.28. The Morgan fingerprint density at radius 2 is 1.93 bits per heavy atom. The van der Waals surface area contributed by atoms with Crippen molar-refractivity contribution in [3.63, 3.8) is 0 Å². The van der Waals surface area contributed by atoms with Gasteiger partial charge in [0.05, 0.1) is 0 Å². The van der Waals surface area contributed by atoms with Crippen LogP contribution in [0.25, 0.3) is 0 Å². The van der Waals surface area contributed by atoms with Crippen LogP contribution in [-0.2, 0) is 16.1 Å². The van der Waals surface area contributed by atoms with E-state index < -0.39 is 0 Å². The predicted octanol–water partition coefficient (Wildman–Crippen LogP) is 2.94. The Morgan fingerprint density at radius 3 is 2.67 bits per heavy atom. The lowest BCUT2D eigenvalue weighted by molar-refractivity contribution is -0.123. The number of hydrogen-bond donors (Lipinski definition) is 2. The van der Waals surface area contributed by atoms with E-state index in [-0.39, 0.29) is 23.5 Å². The predicted molar refractivity (Wildman–Crippen MR) is 97.5 cm³/mol. The van der Waals surface area contributed by atoms with Crippen LogP contribution in [0.2, 0.25) is 0 Å². The molecule has 0 radical (unpaired) electrons. The second-order valence-electron chi connectivity index (χ2n) is 6.50. The van der Waals surface area contributed by atoms with Crippen LogP contribution in [-0.4, -0.2) is 23.3 Å². The van der Waals surface area contributed by atoms with Gasteiger partial charge in [0, 0.05) is 37.7 Å². The highest BCUT2D eigenvalue weighted by molar-refractivity contribution is 5.81. The molecule has 2 amide bonds. The van der Waals surface area contributed by atoms with Gasteiger partial charge in [0.25, 0.3) is 0 Å². The third-order valence-electron chi connectivity index (χ3n) is 4.15. The largest absolute Gasteiger partial charge is 0.439 e. The van der Waals surface area contributed by atoms with Crippen LogP contribution in [0, 0.1) is 11.7 Å². The zero-order valence-electron chi connectivity index (χ0n) is 14.9. The van der Waals surface area contributed by atoms with E-state index in [1.165, 1.54) is 24.3 Å². The molecule has 3 rings (SSSR count). The highest BCUT2D eigenvalue weighted by atomic mass is 19.1. The number of hydrogen-bond acceptors (Lipinski definition) is 4. The van der Waals surface area contributed by atoms with E-state index in [0.29, 0.717) is 37.6 Å². The number of nitrogens with zero attached hydrogens (tertiary/aromatic N) is 1. The molecule has 1 aromatic carbocycles. The highest BCUT2D eigenvalue weighted by Crippen LogP contribution is 2.28. The average molecular weight is 371 g/mol. The van der Waals surface area contributed by atoms with Gasteiger partial charge in [-0.3, -0.25) is 9.59 Å². The minimum absolute atomic E-state index is 0.0755. The number of halogens is 1. The summed E-state index contributed by atoms with van der Waals surface area (Å²) < 4.78 is 18.5. The molecule has 2 aromatic rings. The van der Waals surface area contributed by atoms with E-state index in [4.69, 9.17) is 4.74 Å². The molecular formula is C20H22FN3O3. The molecule has 6 nitrogen and oxygen atoms in total. The number of amides is 2. The number of ether oxygens (including phenoxy) is 1. The van der Waals surface area contributed by atoms with Crippen molar-refractivity contribution in [3.8, 4) is 11.6 Å². The number of aromatic nitrogens is 1. The maximum absolute atomic E-state index is 12.9. The minimum Gasteiger partial charge on any atom is -0.439 e. The van der Waals surface area contributed by atoms with Crippen LogP contribution in [0.3, 0.4) is 0 Å². The molecule has 1 aromatic heterocycles. The zero-order valence-corrected chi connectivity index (χ0v) is 14.9. The standard InChI is InChI=1S/C20H22FN3O3/c21-16-5-7-17(8-6-16)27-19-12-14(9-11-22-19)13-24-18(25)2-1-10-23-20(26)15-3-4-15/h5-9,11-12,15H,1-4,10,13H2,(H,23,26)(H,24,25). The van der Waals surface area contributed by atoms with Crippen LogP contribution in [0.15, 0.2) is 42.6 Å². The summed E-state index contributed by atoms with van der Waals surface area (Å²) in [6.45, 7) is 0.878. The minimum atomic E-state index is -0.334. The number of benzene rings is 1. The molecule has 1 fully saturated rings. The fourth-order valence-corrected chi connectivity index (χ4v) is 2.48. The normalized spacial score (nSPS) is 13.1. The molecule has 27 heavy (non-hydrogen) atoms. The van der Waals surface area contributed by atoms with Crippen molar-refractivity contribution in [1.82, 2.24) is 15.6 Å². The molecule has 0 saturated heterocycles. The number of carbonyl (C=O) groups is 2. The summed E-state index contributed by atoms with van der Waals surface area (Å²) in [7, 11) is 0. The summed E-state index contributed by atoms with van der Waals surface area (Å²) >= 11 is 0. The molecule has 0 spiro atoms. The van der Waals surface area contributed by atoms with E-state index in [2.05, 4.69) is 15.6 Å². The van der Waals surface area contributed by atoms with Gasteiger partial charge in [0.15, 0.2) is 0 Å². The second-order valence-corrected chi connectivity index (χ2v) is 6.50. The molecule has 2 N–H and O–H groups in total. The van der Waals surface area contributed by atoms with Gasteiger partial charge in [-0.05, 0) is 55.2 Å². The summed E-state index contributed by atoms with van der Waals surface area (Å²) in [5.74, 6) is 0.736. The van der Waals surface area contributed by atoms with Gasteiger partial charge in [-0.25, -0.2) is 9.37 Å². The summed E-state index contributed by atoms with van der Waals surface area (Å²) in [6, 6.07) is 9.17. The van der Waals surface area contributed by atoms with Gasteiger partial charge in [-0.1, -0.05) is 0 Å². The lowest BCUT2D eigenvalue weighted by Gasteiger charge is -2.08. The van der Waals surface area contributed by atoms with E-state index in [9.17, 15) is 14.0 Å². The molecule has 7 heteroatoms. The Kier molecular flexibility index (Phi) is 6.35. The third-order valence-corrected chi connectivity index (χ3v) is 4.15. The molecule has 1 aliphatic rings. The molecule has 0 atom stereocenters. The van der Waals surface area contributed by atoms with Crippen molar-refractivity contribution in [2.45, 2.75) is 32.2 Å². The van der Waals surface area contributed by atoms with E-state index in [1.54, 1.807) is 18.3 Å². The maximum atomic E-state index is 12.9. The lowest BCUT2D eigenvalue weighted by atomic mass is 10.2. The molecule has 0 aliphatic heterocycles. The Bertz CT molecular complexity index is 791. The van der Waals surface area contributed by atoms with E-state index in [0.717, 1.165) is 18.4 Å². The number of nitrogens with one attached hydrogen (secondary N) is 2. The van der Waals surface area contributed by atoms with Crippen LogP contribution in [0.4, 0.5) is 4.39 Å². The monoisotopic (exact) mass is 371 g/mol.